The lowest BCUT2D eigenvalue weighted by Gasteiger charge is -2.07. The van der Waals surface area contributed by atoms with Crippen LogP contribution in [0.5, 0.6) is 0 Å². The lowest BCUT2D eigenvalue weighted by molar-refractivity contribution is 0.0993. The molecule has 1 aromatic heterocycles. The first kappa shape index (κ1) is 15.4. The van der Waals surface area contributed by atoms with E-state index in [2.05, 4.69) is 10.2 Å². The molecule has 3 aromatic rings. The number of carbonyl (C=O) groups excluding carboxylic acids is 1. The fourth-order valence-electron chi connectivity index (χ4n) is 2.01. The largest absolute Gasteiger partial charge is 0.411 e. The minimum absolute atomic E-state index is 0.116. The first-order valence-electron chi connectivity index (χ1n) is 6.99. The number of aromatic nitrogens is 2. The van der Waals surface area contributed by atoms with Crippen molar-refractivity contribution in [2.75, 3.05) is 0 Å². The summed E-state index contributed by atoms with van der Waals surface area (Å²) >= 11 is 1.18. The number of Topliss-reactive ketones (excluding diaryl/α,β-unsaturated/α-hetero) is 1. The molecule has 0 radical (unpaired) electrons. The van der Waals surface area contributed by atoms with E-state index in [0.717, 1.165) is 5.56 Å². The molecule has 2 aromatic carbocycles. The third kappa shape index (κ3) is 3.65. The Kier molecular flexibility index (Phi) is 4.52. The highest BCUT2D eigenvalue weighted by molar-refractivity contribution is 8.00. The van der Waals surface area contributed by atoms with Crippen molar-refractivity contribution < 1.29 is 13.6 Å². The fourth-order valence-corrected chi connectivity index (χ4v) is 2.77. The quantitative estimate of drug-likeness (QED) is 0.518. The van der Waals surface area contributed by atoms with Crippen LogP contribution in [0.3, 0.4) is 0 Å². The van der Waals surface area contributed by atoms with Crippen LogP contribution < -0.4 is 0 Å². The molecule has 0 amide bonds. The number of hydrogen-bond acceptors (Lipinski definition) is 5. The second kappa shape index (κ2) is 6.75. The maximum atomic E-state index is 12.9. The minimum Gasteiger partial charge on any atom is -0.411 e. The monoisotopic (exact) mass is 328 g/mol. The van der Waals surface area contributed by atoms with E-state index in [1.54, 1.807) is 6.92 Å². The second-order valence-corrected chi connectivity index (χ2v) is 6.16. The summed E-state index contributed by atoms with van der Waals surface area (Å²) in [6.45, 7) is 1.75. The zero-order valence-corrected chi connectivity index (χ0v) is 13.1. The van der Waals surface area contributed by atoms with E-state index in [9.17, 15) is 9.18 Å². The second-order valence-electron chi connectivity index (χ2n) is 4.87. The highest BCUT2D eigenvalue weighted by Crippen LogP contribution is 2.27. The molecule has 1 heterocycles. The summed E-state index contributed by atoms with van der Waals surface area (Å²) in [6.07, 6.45) is 0. The number of benzene rings is 2. The highest BCUT2D eigenvalue weighted by atomic mass is 32.2. The number of hydrogen-bond donors (Lipinski definition) is 0. The standard InChI is InChI=1S/C17H13FN2O2S/c1-11(15(21)12-7-9-14(18)10-8-12)23-17-20-19-16(22-17)13-5-3-2-4-6-13/h2-11H,1H3/t11-/m0/s1. The summed E-state index contributed by atoms with van der Waals surface area (Å²) < 4.78 is 18.5. The van der Waals surface area contributed by atoms with Crippen molar-refractivity contribution in [3.8, 4) is 11.5 Å². The van der Waals surface area contributed by atoms with Crippen molar-refractivity contribution in [2.24, 2.45) is 0 Å². The molecule has 0 bridgehead atoms. The molecule has 0 aliphatic rings. The highest BCUT2D eigenvalue weighted by Gasteiger charge is 2.20. The number of halogens is 1. The first-order valence-corrected chi connectivity index (χ1v) is 7.87. The third-order valence-electron chi connectivity index (χ3n) is 3.20. The van der Waals surface area contributed by atoms with Crippen molar-refractivity contribution in [1.29, 1.82) is 0 Å². The average Bonchev–Trinajstić information content (AvgIpc) is 3.04. The summed E-state index contributed by atoms with van der Waals surface area (Å²) in [6, 6.07) is 14.9. The molecule has 23 heavy (non-hydrogen) atoms. The molecule has 0 aliphatic carbocycles. The molecule has 0 aliphatic heterocycles. The lowest BCUT2D eigenvalue weighted by atomic mass is 10.1. The maximum Gasteiger partial charge on any atom is 0.277 e. The van der Waals surface area contributed by atoms with Crippen LogP contribution in [-0.2, 0) is 0 Å². The van der Waals surface area contributed by atoms with Gasteiger partial charge in [-0.05, 0) is 43.3 Å². The number of thioether (sulfide) groups is 1. The summed E-state index contributed by atoms with van der Waals surface area (Å²) in [7, 11) is 0. The van der Waals surface area contributed by atoms with E-state index in [1.807, 2.05) is 30.3 Å². The Labute approximate surface area is 136 Å². The van der Waals surface area contributed by atoms with Crippen molar-refractivity contribution >= 4 is 17.5 Å². The van der Waals surface area contributed by atoms with E-state index < -0.39 is 5.25 Å². The number of nitrogens with zero attached hydrogens (tertiary/aromatic N) is 2. The number of rotatable bonds is 5. The molecule has 116 valence electrons. The fraction of sp³-hybridized carbons (Fsp3) is 0.118. The minimum atomic E-state index is -0.412. The van der Waals surface area contributed by atoms with Gasteiger partial charge in [0.05, 0.1) is 5.25 Å². The van der Waals surface area contributed by atoms with Crippen LogP contribution >= 0.6 is 11.8 Å². The molecule has 0 saturated heterocycles. The van der Waals surface area contributed by atoms with Gasteiger partial charge in [-0.15, -0.1) is 10.2 Å². The number of ketones is 1. The first-order chi connectivity index (χ1) is 11.1. The molecule has 6 heteroatoms. The molecule has 3 rings (SSSR count). The van der Waals surface area contributed by atoms with E-state index in [0.29, 0.717) is 16.7 Å². The smallest absolute Gasteiger partial charge is 0.277 e. The van der Waals surface area contributed by atoms with Crippen molar-refractivity contribution in [1.82, 2.24) is 10.2 Å². The van der Waals surface area contributed by atoms with Crippen molar-refractivity contribution in [3.05, 3.63) is 66.0 Å². The zero-order valence-electron chi connectivity index (χ0n) is 12.3. The lowest BCUT2D eigenvalue weighted by Crippen LogP contribution is -2.13. The van der Waals surface area contributed by atoms with Crippen LogP contribution in [0.4, 0.5) is 4.39 Å². The van der Waals surface area contributed by atoms with Gasteiger partial charge in [0, 0.05) is 11.1 Å². The third-order valence-corrected chi connectivity index (χ3v) is 4.14. The maximum absolute atomic E-state index is 12.9. The van der Waals surface area contributed by atoms with Gasteiger partial charge in [0.25, 0.3) is 5.22 Å². The van der Waals surface area contributed by atoms with Crippen LogP contribution in [0.15, 0.2) is 64.2 Å². The normalized spacial score (nSPS) is 12.1. The van der Waals surface area contributed by atoms with E-state index in [-0.39, 0.29) is 11.6 Å². The van der Waals surface area contributed by atoms with E-state index in [1.165, 1.54) is 36.0 Å². The molecular weight excluding hydrogens is 315 g/mol. The van der Waals surface area contributed by atoms with Crippen LogP contribution in [0, 0.1) is 5.82 Å². The summed E-state index contributed by atoms with van der Waals surface area (Å²) in [5.41, 5.74) is 1.28. The van der Waals surface area contributed by atoms with Gasteiger partial charge in [-0.2, -0.15) is 0 Å². The predicted molar refractivity (Wildman–Crippen MR) is 85.8 cm³/mol. The Morgan fingerprint density at radius 3 is 2.48 bits per heavy atom. The van der Waals surface area contributed by atoms with Gasteiger partial charge in [-0.3, -0.25) is 4.79 Å². The SMILES string of the molecule is C[C@H](Sc1nnc(-c2ccccc2)o1)C(=O)c1ccc(F)cc1. The topological polar surface area (TPSA) is 56.0 Å². The van der Waals surface area contributed by atoms with E-state index >= 15 is 0 Å². The average molecular weight is 328 g/mol. The van der Waals surface area contributed by atoms with Gasteiger partial charge in [-0.1, -0.05) is 30.0 Å². The predicted octanol–water partition coefficient (Wildman–Crippen LogP) is 4.24. The van der Waals surface area contributed by atoms with Crippen molar-refractivity contribution in [2.45, 2.75) is 17.4 Å². The Morgan fingerprint density at radius 2 is 1.78 bits per heavy atom. The van der Waals surface area contributed by atoms with Gasteiger partial charge in [0.15, 0.2) is 5.78 Å². The number of carbonyl (C=O) groups is 1. The molecular formula is C17H13FN2O2S. The van der Waals surface area contributed by atoms with Crippen LogP contribution in [0.1, 0.15) is 17.3 Å². The Morgan fingerprint density at radius 1 is 1.09 bits per heavy atom. The molecule has 4 nitrogen and oxygen atoms in total. The molecule has 0 fully saturated rings. The summed E-state index contributed by atoms with van der Waals surface area (Å²) in [5.74, 6) is -0.0738. The molecule has 0 unspecified atom stereocenters. The van der Waals surface area contributed by atoms with Gasteiger partial charge in [-0.25, -0.2) is 4.39 Å². The van der Waals surface area contributed by atoms with Gasteiger partial charge in [0.2, 0.25) is 5.89 Å². The Bertz CT molecular complexity index is 803. The van der Waals surface area contributed by atoms with Crippen molar-refractivity contribution in [3.63, 3.8) is 0 Å². The molecule has 0 saturated carbocycles. The van der Waals surface area contributed by atoms with E-state index in [4.69, 9.17) is 4.42 Å². The van der Waals surface area contributed by atoms with Crippen LogP contribution in [0.2, 0.25) is 0 Å². The van der Waals surface area contributed by atoms with Crippen LogP contribution in [-0.4, -0.2) is 21.2 Å². The summed E-state index contributed by atoms with van der Waals surface area (Å²) in [5, 5.41) is 7.85. The Balaban J connectivity index is 1.71. The summed E-state index contributed by atoms with van der Waals surface area (Å²) in [4.78, 5) is 12.3. The van der Waals surface area contributed by atoms with Gasteiger partial charge >= 0.3 is 0 Å². The van der Waals surface area contributed by atoms with Gasteiger partial charge in [0.1, 0.15) is 5.82 Å². The van der Waals surface area contributed by atoms with Crippen LogP contribution in [0.25, 0.3) is 11.5 Å². The molecule has 0 N–H and O–H groups in total. The Hall–Kier alpha value is -2.47. The molecule has 0 spiro atoms. The van der Waals surface area contributed by atoms with Gasteiger partial charge < -0.3 is 4.42 Å². The zero-order chi connectivity index (χ0) is 16.2. The molecule has 1 atom stereocenters.